The van der Waals surface area contributed by atoms with Gasteiger partial charge < -0.3 is 9.31 Å². The van der Waals surface area contributed by atoms with Gasteiger partial charge >= 0.3 is 7.12 Å². The minimum absolute atomic E-state index is 0.126. The number of hydrogen-bond donors (Lipinski definition) is 0. The molecule has 0 N–H and O–H groups in total. The average molecular weight is 404 g/mol. The van der Waals surface area contributed by atoms with Crippen molar-refractivity contribution >= 4 is 24.0 Å². The summed E-state index contributed by atoms with van der Waals surface area (Å²) >= 11 is 0. The Balaban J connectivity index is 1.82. The van der Waals surface area contributed by atoms with Gasteiger partial charge in [0.25, 0.3) is 11.4 Å². The first kappa shape index (κ1) is 19.7. The molecule has 0 saturated carbocycles. The van der Waals surface area contributed by atoms with Crippen LogP contribution in [0.5, 0.6) is 0 Å². The van der Waals surface area contributed by atoms with Gasteiger partial charge in [-0.2, -0.15) is 0 Å². The van der Waals surface area contributed by atoms with Crippen LogP contribution in [-0.2, 0) is 9.31 Å². The highest BCUT2D eigenvalue weighted by atomic mass is 16.7. The lowest BCUT2D eigenvalue weighted by molar-refractivity contribution is -0.387. The fraction of sp³-hybridized carbons (Fsp3) is 0.143. The van der Waals surface area contributed by atoms with Gasteiger partial charge in [-0.1, -0.05) is 54.1 Å². The topological polar surface area (TPSA) is 105 Å². The molecule has 150 valence electrons. The van der Waals surface area contributed by atoms with E-state index in [2.05, 4.69) is 0 Å². The Morgan fingerprint density at radius 1 is 0.733 bits per heavy atom. The summed E-state index contributed by atoms with van der Waals surface area (Å²) in [6.45, 7) is 1.95. The van der Waals surface area contributed by atoms with Gasteiger partial charge in [0.15, 0.2) is 0 Å². The summed E-state index contributed by atoms with van der Waals surface area (Å²) in [6.07, 6.45) is -1.78. The lowest BCUT2D eigenvalue weighted by atomic mass is 9.79. The maximum atomic E-state index is 11.6. The molecule has 1 aliphatic heterocycles. The molecule has 1 saturated heterocycles. The maximum absolute atomic E-state index is 11.6. The Morgan fingerprint density at radius 3 is 1.60 bits per heavy atom. The molecule has 9 heteroatoms. The smallest absolute Gasteiger partial charge is 0.397 e. The number of aryl methyl sites for hydroxylation is 1. The Hall–Kier alpha value is -3.56. The van der Waals surface area contributed by atoms with E-state index in [0.29, 0.717) is 11.1 Å². The second kappa shape index (κ2) is 8.06. The molecule has 0 spiro atoms. The van der Waals surface area contributed by atoms with Crippen molar-refractivity contribution in [1.29, 1.82) is 0 Å². The van der Waals surface area contributed by atoms with Gasteiger partial charge in [0, 0.05) is 12.1 Å². The van der Waals surface area contributed by atoms with Crippen LogP contribution in [0.1, 0.15) is 28.9 Å². The lowest BCUT2D eigenvalue weighted by Crippen LogP contribution is -2.31. The molecule has 8 nitrogen and oxygen atoms in total. The van der Waals surface area contributed by atoms with Crippen LogP contribution >= 0.6 is 0 Å². The van der Waals surface area contributed by atoms with Gasteiger partial charge in [0.05, 0.1) is 21.0 Å². The fourth-order valence-corrected chi connectivity index (χ4v) is 3.58. The molecule has 3 aromatic carbocycles. The molecule has 1 fully saturated rings. The Kier molecular flexibility index (Phi) is 5.30. The Labute approximate surface area is 172 Å². The Morgan fingerprint density at radius 2 is 1.17 bits per heavy atom. The number of para-hydroxylation sites is 2. The lowest BCUT2D eigenvalue weighted by Gasteiger charge is -2.19. The van der Waals surface area contributed by atoms with Gasteiger partial charge in [0.2, 0.25) is 0 Å². The maximum Gasteiger partial charge on any atom is 0.494 e. The number of rotatable bonds is 5. The summed E-state index contributed by atoms with van der Waals surface area (Å²) in [6, 6.07) is 19.9. The van der Waals surface area contributed by atoms with Crippen LogP contribution < -0.4 is 5.46 Å². The van der Waals surface area contributed by atoms with Crippen LogP contribution in [0, 0.1) is 27.2 Å². The van der Waals surface area contributed by atoms with Gasteiger partial charge in [-0.05, 0) is 24.5 Å². The summed E-state index contributed by atoms with van der Waals surface area (Å²) in [5.74, 6) is 0. The van der Waals surface area contributed by atoms with Crippen molar-refractivity contribution in [2.24, 2.45) is 0 Å². The zero-order valence-corrected chi connectivity index (χ0v) is 16.0. The quantitative estimate of drug-likeness (QED) is 0.361. The predicted molar refractivity (Wildman–Crippen MR) is 110 cm³/mol. The molecule has 0 aromatic heterocycles. The van der Waals surface area contributed by atoms with E-state index in [1.165, 1.54) is 12.1 Å². The molecule has 0 bridgehead atoms. The first-order valence-corrected chi connectivity index (χ1v) is 9.30. The van der Waals surface area contributed by atoms with E-state index < -0.39 is 29.2 Å². The van der Waals surface area contributed by atoms with Crippen LogP contribution in [0.4, 0.5) is 11.4 Å². The molecular weight excluding hydrogens is 387 g/mol. The third-order valence-electron chi connectivity index (χ3n) is 5.04. The highest BCUT2D eigenvalue weighted by Gasteiger charge is 2.46. The summed E-state index contributed by atoms with van der Waals surface area (Å²) in [5, 5.41) is 23.2. The van der Waals surface area contributed by atoms with E-state index in [0.717, 1.165) is 11.0 Å². The zero-order valence-electron chi connectivity index (χ0n) is 16.0. The molecular formula is C21H17BN2O6. The highest BCUT2D eigenvalue weighted by Crippen LogP contribution is 2.46. The minimum atomic E-state index is -0.890. The summed E-state index contributed by atoms with van der Waals surface area (Å²) in [4.78, 5) is 22.2. The SMILES string of the molecule is Cc1ccc(B2OC(c3ccccc3[N+](=O)[O-])C(c3ccccc3[N+](=O)[O-])O2)cc1. The van der Waals surface area contributed by atoms with Crippen molar-refractivity contribution in [3.8, 4) is 0 Å². The van der Waals surface area contributed by atoms with Gasteiger partial charge in [0.1, 0.15) is 12.2 Å². The van der Waals surface area contributed by atoms with Crippen molar-refractivity contribution in [2.45, 2.75) is 19.1 Å². The zero-order chi connectivity index (χ0) is 21.3. The molecule has 0 aliphatic carbocycles. The molecule has 0 radical (unpaired) electrons. The molecule has 1 aliphatic rings. The third kappa shape index (κ3) is 3.68. The monoisotopic (exact) mass is 404 g/mol. The van der Waals surface area contributed by atoms with Gasteiger partial charge in [-0.25, -0.2) is 0 Å². The molecule has 30 heavy (non-hydrogen) atoms. The van der Waals surface area contributed by atoms with Gasteiger partial charge in [-0.3, -0.25) is 20.2 Å². The van der Waals surface area contributed by atoms with Crippen molar-refractivity contribution in [3.05, 3.63) is 110 Å². The van der Waals surface area contributed by atoms with E-state index in [-0.39, 0.29) is 11.4 Å². The molecule has 2 unspecified atom stereocenters. The summed E-state index contributed by atoms with van der Waals surface area (Å²) < 4.78 is 12.2. The number of nitro benzene ring substituents is 2. The van der Waals surface area contributed by atoms with E-state index in [4.69, 9.17) is 9.31 Å². The van der Waals surface area contributed by atoms with Crippen LogP contribution in [0.15, 0.2) is 72.8 Å². The highest BCUT2D eigenvalue weighted by molar-refractivity contribution is 6.61. The standard InChI is InChI=1S/C21H17BN2O6/c1-14-10-12-15(13-11-14)22-29-20(16-6-2-4-8-18(16)23(25)26)21(30-22)17-7-3-5-9-19(17)24(27)28/h2-13,20-21H,1H3. The van der Waals surface area contributed by atoms with Crippen molar-refractivity contribution in [1.82, 2.24) is 0 Å². The van der Waals surface area contributed by atoms with Crippen molar-refractivity contribution < 1.29 is 19.2 Å². The third-order valence-corrected chi connectivity index (χ3v) is 5.04. The van der Waals surface area contributed by atoms with Gasteiger partial charge in [-0.15, -0.1) is 0 Å². The van der Waals surface area contributed by atoms with Crippen LogP contribution in [0.2, 0.25) is 0 Å². The normalized spacial score (nSPS) is 18.4. The predicted octanol–water partition coefficient (Wildman–Crippen LogP) is 4.04. The van der Waals surface area contributed by atoms with Crippen LogP contribution in [0.25, 0.3) is 0 Å². The number of nitro groups is 2. The van der Waals surface area contributed by atoms with E-state index in [9.17, 15) is 20.2 Å². The first-order chi connectivity index (χ1) is 14.5. The second-order valence-electron chi connectivity index (χ2n) is 6.99. The molecule has 2 atom stereocenters. The minimum Gasteiger partial charge on any atom is -0.397 e. The first-order valence-electron chi connectivity index (χ1n) is 9.30. The van der Waals surface area contributed by atoms with Crippen molar-refractivity contribution in [3.63, 3.8) is 0 Å². The molecule has 3 aromatic rings. The van der Waals surface area contributed by atoms with Crippen LogP contribution in [0.3, 0.4) is 0 Å². The molecule has 0 amide bonds. The molecule has 4 rings (SSSR count). The van der Waals surface area contributed by atoms with E-state index >= 15 is 0 Å². The largest absolute Gasteiger partial charge is 0.494 e. The van der Waals surface area contributed by atoms with Crippen molar-refractivity contribution in [2.75, 3.05) is 0 Å². The second-order valence-corrected chi connectivity index (χ2v) is 6.99. The number of nitrogens with zero attached hydrogens (tertiary/aromatic N) is 2. The summed E-state index contributed by atoms with van der Waals surface area (Å²) in [5.41, 5.74) is 2.14. The van der Waals surface area contributed by atoms with Crippen LogP contribution in [-0.4, -0.2) is 17.0 Å². The number of benzene rings is 3. The van der Waals surface area contributed by atoms with E-state index in [1.54, 1.807) is 36.4 Å². The Bertz CT molecular complexity index is 1040. The number of hydrogen-bond acceptors (Lipinski definition) is 6. The fourth-order valence-electron chi connectivity index (χ4n) is 3.58. The summed E-state index contributed by atoms with van der Waals surface area (Å²) in [7, 11) is -0.819. The molecule has 1 heterocycles. The average Bonchev–Trinajstić information content (AvgIpc) is 3.19. The van der Waals surface area contributed by atoms with E-state index in [1.807, 2.05) is 31.2 Å².